The number of H-pyrrole nitrogens is 1. The van der Waals surface area contributed by atoms with Gasteiger partial charge >= 0.3 is 0 Å². The van der Waals surface area contributed by atoms with Gasteiger partial charge in [-0.3, -0.25) is 0 Å². The Hall–Kier alpha value is -2.55. The topological polar surface area (TPSA) is 97.6 Å². The molecule has 0 bridgehead atoms. The van der Waals surface area contributed by atoms with Gasteiger partial charge < -0.3 is 19.2 Å². The van der Waals surface area contributed by atoms with E-state index in [2.05, 4.69) is 39.6 Å². The van der Waals surface area contributed by atoms with Crippen LogP contribution in [0.25, 0.3) is 11.2 Å². The molecule has 0 radical (unpaired) electrons. The summed E-state index contributed by atoms with van der Waals surface area (Å²) in [5.41, 5.74) is 1.58. The Bertz CT molecular complexity index is 865. The molecule has 0 aromatic carbocycles. The monoisotopic (exact) mass is 326 g/mol. The molecule has 5 heterocycles. The van der Waals surface area contributed by atoms with E-state index >= 15 is 0 Å². The van der Waals surface area contributed by atoms with Crippen LogP contribution in [0.15, 0.2) is 12.7 Å². The van der Waals surface area contributed by atoms with Crippen molar-refractivity contribution in [2.75, 3.05) is 24.6 Å². The van der Waals surface area contributed by atoms with Crippen LogP contribution in [-0.4, -0.2) is 54.4 Å². The Labute approximate surface area is 138 Å². The average molecular weight is 326 g/mol. The van der Waals surface area contributed by atoms with Crippen LogP contribution < -0.4 is 4.90 Å². The van der Waals surface area contributed by atoms with E-state index in [0.29, 0.717) is 5.65 Å². The summed E-state index contributed by atoms with van der Waals surface area (Å²) in [5.74, 6) is 2.89. The van der Waals surface area contributed by atoms with Crippen molar-refractivity contribution in [2.24, 2.45) is 0 Å². The lowest BCUT2D eigenvalue weighted by Gasteiger charge is -2.21. The third kappa shape index (κ3) is 2.15. The van der Waals surface area contributed by atoms with Crippen molar-refractivity contribution in [3.05, 3.63) is 24.3 Å². The summed E-state index contributed by atoms with van der Waals surface area (Å²) in [7, 11) is 0. The lowest BCUT2D eigenvalue weighted by Crippen LogP contribution is -2.28. The molecular weight excluding hydrogens is 308 g/mol. The zero-order valence-corrected chi connectivity index (χ0v) is 13.2. The van der Waals surface area contributed by atoms with Gasteiger partial charge in [0.15, 0.2) is 17.3 Å². The van der Waals surface area contributed by atoms with E-state index in [1.54, 1.807) is 12.7 Å². The van der Waals surface area contributed by atoms with Crippen LogP contribution in [0.4, 0.5) is 5.82 Å². The van der Waals surface area contributed by atoms with Gasteiger partial charge in [-0.05, 0) is 12.8 Å². The van der Waals surface area contributed by atoms with E-state index in [9.17, 15) is 0 Å². The summed E-state index contributed by atoms with van der Waals surface area (Å²) < 4.78 is 8.02. The van der Waals surface area contributed by atoms with E-state index in [-0.39, 0.29) is 6.10 Å². The van der Waals surface area contributed by atoms with E-state index in [0.717, 1.165) is 68.5 Å². The van der Waals surface area contributed by atoms with Gasteiger partial charge in [0.05, 0.1) is 6.33 Å². The quantitative estimate of drug-likeness (QED) is 0.746. The number of hydrogen-bond donors (Lipinski definition) is 1. The number of imidazole rings is 1. The third-order valence-corrected chi connectivity index (χ3v) is 4.78. The van der Waals surface area contributed by atoms with Gasteiger partial charge in [-0.1, -0.05) is 0 Å². The zero-order chi connectivity index (χ0) is 15.9. The zero-order valence-electron chi connectivity index (χ0n) is 13.2. The lowest BCUT2D eigenvalue weighted by atomic mass is 10.2. The van der Waals surface area contributed by atoms with Crippen LogP contribution in [0.5, 0.6) is 0 Å². The van der Waals surface area contributed by atoms with Crippen molar-refractivity contribution in [2.45, 2.75) is 31.9 Å². The van der Waals surface area contributed by atoms with Gasteiger partial charge in [-0.15, -0.1) is 10.2 Å². The molecule has 3 aromatic rings. The van der Waals surface area contributed by atoms with E-state index < -0.39 is 0 Å². The number of aromatic amines is 1. The predicted molar refractivity (Wildman–Crippen MR) is 85.5 cm³/mol. The Kier molecular flexibility index (Phi) is 3.18. The van der Waals surface area contributed by atoms with Crippen molar-refractivity contribution >= 4 is 17.0 Å². The number of nitrogens with one attached hydrogen (secondary N) is 1. The Balaban J connectivity index is 1.44. The SMILES string of the molecule is c1nc(N2CCc3nnc([C@H]4CCCO4)n3CC2)c2[nH]cnc2n1. The molecule has 24 heavy (non-hydrogen) atoms. The Morgan fingerprint density at radius 2 is 2.12 bits per heavy atom. The van der Waals surface area contributed by atoms with Crippen LogP contribution in [-0.2, 0) is 17.7 Å². The summed E-state index contributed by atoms with van der Waals surface area (Å²) in [6.45, 7) is 3.33. The third-order valence-electron chi connectivity index (χ3n) is 4.78. The van der Waals surface area contributed by atoms with Crippen LogP contribution in [0, 0.1) is 0 Å². The van der Waals surface area contributed by atoms with Crippen LogP contribution >= 0.6 is 0 Å². The molecule has 1 atom stereocenters. The smallest absolute Gasteiger partial charge is 0.182 e. The highest BCUT2D eigenvalue weighted by molar-refractivity contribution is 5.82. The van der Waals surface area contributed by atoms with E-state index in [1.807, 2.05) is 0 Å². The Morgan fingerprint density at radius 3 is 3.04 bits per heavy atom. The van der Waals surface area contributed by atoms with Gasteiger partial charge in [0, 0.05) is 32.7 Å². The number of ether oxygens (including phenoxy) is 1. The molecule has 5 rings (SSSR count). The predicted octanol–water partition coefficient (Wildman–Crippen LogP) is 0.859. The molecule has 0 saturated carbocycles. The molecule has 0 aliphatic carbocycles. The van der Waals surface area contributed by atoms with Gasteiger partial charge in [0.1, 0.15) is 23.8 Å². The normalized spacial score (nSPS) is 21.2. The number of aromatic nitrogens is 7. The molecule has 1 saturated heterocycles. The first-order valence-corrected chi connectivity index (χ1v) is 8.33. The average Bonchev–Trinajstić information content (AvgIpc) is 3.32. The van der Waals surface area contributed by atoms with Gasteiger partial charge in [-0.2, -0.15) is 0 Å². The van der Waals surface area contributed by atoms with Crippen molar-refractivity contribution < 1.29 is 4.74 Å². The van der Waals surface area contributed by atoms with E-state index in [4.69, 9.17) is 4.74 Å². The molecule has 0 spiro atoms. The fraction of sp³-hybridized carbons (Fsp3) is 0.533. The second-order valence-electron chi connectivity index (χ2n) is 6.16. The summed E-state index contributed by atoms with van der Waals surface area (Å²) in [4.78, 5) is 18.3. The second-order valence-corrected chi connectivity index (χ2v) is 6.16. The van der Waals surface area contributed by atoms with Crippen molar-refractivity contribution in [3.8, 4) is 0 Å². The molecule has 1 N–H and O–H groups in total. The molecule has 1 fully saturated rings. The molecule has 0 amide bonds. The first kappa shape index (κ1) is 13.8. The minimum atomic E-state index is 0.0937. The first-order chi connectivity index (χ1) is 11.9. The maximum absolute atomic E-state index is 5.79. The highest BCUT2D eigenvalue weighted by Gasteiger charge is 2.27. The molecule has 0 unspecified atom stereocenters. The van der Waals surface area contributed by atoms with E-state index in [1.165, 1.54) is 0 Å². The molecular formula is C15H18N8O. The summed E-state index contributed by atoms with van der Waals surface area (Å²) in [5, 5.41) is 8.78. The highest BCUT2D eigenvalue weighted by atomic mass is 16.5. The molecule has 124 valence electrons. The van der Waals surface area contributed by atoms with Gasteiger partial charge in [0.25, 0.3) is 0 Å². The number of hydrogen-bond acceptors (Lipinski definition) is 7. The molecule has 9 nitrogen and oxygen atoms in total. The van der Waals surface area contributed by atoms with Crippen molar-refractivity contribution in [1.82, 2.24) is 34.7 Å². The summed E-state index contributed by atoms with van der Waals surface area (Å²) in [6.07, 6.45) is 6.28. The first-order valence-electron chi connectivity index (χ1n) is 8.33. The number of rotatable bonds is 2. The van der Waals surface area contributed by atoms with Crippen molar-refractivity contribution in [3.63, 3.8) is 0 Å². The van der Waals surface area contributed by atoms with Gasteiger partial charge in [-0.25, -0.2) is 15.0 Å². The number of anilines is 1. The largest absolute Gasteiger partial charge is 0.370 e. The molecule has 3 aromatic heterocycles. The van der Waals surface area contributed by atoms with Crippen LogP contribution in [0.3, 0.4) is 0 Å². The van der Waals surface area contributed by atoms with Gasteiger partial charge in [0.2, 0.25) is 0 Å². The number of nitrogens with zero attached hydrogens (tertiary/aromatic N) is 7. The minimum Gasteiger partial charge on any atom is -0.370 e. The molecule has 2 aliphatic rings. The van der Waals surface area contributed by atoms with Crippen molar-refractivity contribution in [1.29, 1.82) is 0 Å². The van der Waals surface area contributed by atoms with Crippen LogP contribution in [0.1, 0.15) is 30.6 Å². The maximum atomic E-state index is 5.79. The molecule has 9 heteroatoms. The maximum Gasteiger partial charge on any atom is 0.182 e. The standard InChI is InChI=1S/C15H18N8O/c1-2-10(24-7-1)14-21-20-11-3-4-22(5-6-23(11)14)15-12-13(17-8-16-12)18-9-19-15/h8-10H,1-7H2,(H,16,17,18,19)/t10-/m1/s1. The number of fused-ring (bicyclic) bond motifs is 2. The molecule has 2 aliphatic heterocycles. The second kappa shape index (κ2) is 5.52. The summed E-state index contributed by atoms with van der Waals surface area (Å²) >= 11 is 0. The minimum absolute atomic E-state index is 0.0937. The fourth-order valence-electron chi connectivity index (χ4n) is 3.57. The highest BCUT2D eigenvalue weighted by Crippen LogP contribution is 2.29. The Morgan fingerprint density at radius 1 is 1.12 bits per heavy atom. The fourth-order valence-corrected chi connectivity index (χ4v) is 3.57. The lowest BCUT2D eigenvalue weighted by molar-refractivity contribution is 0.101. The summed E-state index contributed by atoms with van der Waals surface area (Å²) in [6, 6.07) is 0. The van der Waals surface area contributed by atoms with Crippen LogP contribution in [0.2, 0.25) is 0 Å².